The summed E-state index contributed by atoms with van der Waals surface area (Å²) in [7, 11) is 0. The molecule has 1 N–H and O–H groups in total. The van der Waals surface area contributed by atoms with Crippen molar-refractivity contribution < 1.29 is 4.79 Å². The minimum absolute atomic E-state index is 0.0271. The predicted octanol–water partition coefficient (Wildman–Crippen LogP) is 3.40. The number of hydrogen-bond donors (Lipinski definition) is 1. The van der Waals surface area contributed by atoms with Crippen molar-refractivity contribution in [2.45, 2.75) is 0 Å². The number of fused-ring (bicyclic) bond motifs is 1. The first-order valence-corrected chi connectivity index (χ1v) is 6.56. The highest BCUT2D eigenvalue weighted by Gasteiger charge is 2.16. The Morgan fingerprint density at radius 1 is 1.11 bits per heavy atom. The maximum Gasteiger partial charge on any atom is 0.196 e. The number of hydrogen-bond acceptors (Lipinski definition) is 2. The van der Waals surface area contributed by atoms with Crippen LogP contribution in [0.3, 0.4) is 0 Å². The van der Waals surface area contributed by atoms with Crippen LogP contribution in [0.4, 0.5) is 0 Å². The molecule has 0 aliphatic rings. The van der Waals surface area contributed by atoms with Crippen molar-refractivity contribution in [3.63, 3.8) is 0 Å². The molecule has 0 atom stereocenters. The second kappa shape index (κ2) is 4.53. The number of nitrogens with zero attached hydrogens (tertiary/aromatic N) is 1. The van der Waals surface area contributed by atoms with Crippen molar-refractivity contribution >= 4 is 39.4 Å². The predicted molar refractivity (Wildman–Crippen MR) is 78.7 cm³/mol. The Bertz CT molecular complexity index is 733. The summed E-state index contributed by atoms with van der Waals surface area (Å²) in [5, 5.41) is 0.863. The number of benzene rings is 1. The molecule has 0 aliphatic heterocycles. The number of carbonyl (C=O) groups excluding carboxylic acids is 1. The number of aromatic nitrogens is 2. The van der Waals surface area contributed by atoms with E-state index < -0.39 is 0 Å². The quantitative estimate of drug-likeness (QED) is 0.570. The van der Waals surface area contributed by atoms with Crippen LogP contribution in [0, 0.1) is 3.57 Å². The van der Waals surface area contributed by atoms with Crippen LogP contribution >= 0.6 is 22.6 Å². The number of nitrogens with one attached hydrogen (secondary N) is 1. The van der Waals surface area contributed by atoms with Crippen LogP contribution in [0.2, 0.25) is 0 Å². The summed E-state index contributed by atoms with van der Waals surface area (Å²) in [5.74, 6) is 0.0271. The second-order valence-corrected chi connectivity index (χ2v) is 5.07. The molecule has 4 heteroatoms. The number of halogens is 1. The van der Waals surface area contributed by atoms with E-state index in [1.165, 1.54) is 0 Å². The molecule has 0 bridgehead atoms. The van der Waals surface area contributed by atoms with Crippen molar-refractivity contribution in [3.05, 3.63) is 63.5 Å². The van der Waals surface area contributed by atoms with Gasteiger partial charge in [0.05, 0.1) is 0 Å². The first-order chi connectivity index (χ1) is 8.77. The molecule has 3 aromatic rings. The molecule has 2 aromatic heterocycles. The Morgan fingerprint density at radius 2 is 1.94 bits per heavy atom. The van der Waals surface area contributed by atoms with Crippen molar-refractivity contribution in [1.82, 2.24) is 9.97 Å². The summed E-state index contributed by atoms with van der Waals surface area (Å²) in [4.78, 5) is 19.7. The van der Waals surface area contributed by atoms with Gasteiger partial charge in [-0.1, -0.05) is 12.1 Å². The van der Waals surface area contributed by atoms with Gasteiger partial charge in [-0.3, -0.25) is 4.79 Å². The van der Waals surface area contributed by atoms with Gasteiger partial charge >= 0.3 is 0 Å². The molecule has 0 unspecified atom stereocenters. The maximum absolute atomic E-state index is 12.5. The van der Waals surface area contributed by atoms with Gasteiger partial charge in [-0.25, -0.2) is 4.98 Å². The van der Waals surface area contributed by atoms with Crippen molar-refractivity contribution in [1.29, 1.82) is 0 Å². The van der Waals surface area contributed by atoms with Crippen LogP contribution in [0.25, 0.3) is 11.0 Å². The summed E-state index contributed by atoms with van der Waals surface area (Å²) in [6, 6.07) is 11.3. The maximum atomic E-state index is 12.5. The monoisotopic (exact) mass is 348 g/mol. The third-order valence-corrected chi connectivity index (χ3v) is 3.75. The van der Waals surface area contributed by atoms with Gasteiger partial charge in [0.2, 0.25) is 0 Å². The molecule has 0 amide bonds. The molecule has 3 nitrogen and oxygen atoms in total. The van der Waals surface area contributed by atoms with Gasteiger partial charge < -0.3 is 4.98 Å². The normalized spacial score (nSPS) is 10.7. The van der Waals surface area contributed by atoms with Gasteiger partial charge in [0, 0.05) is 32.5 Å². The molecule has 0 aliphatic carbocycles. The largest absolute Gasteiger partial charge is 0.345 e. The van der Waals surface area contributed by atoms with Gasteiger partial charge in [-0.2, -0.15) is 0 Å². The van der Waals surface area contributed by atoms with Crippen molar-refractivity contribution in [3.8, 4) is 0 Å². The summed E-state index contributed by atoms with van der Waals surface area (Å²) < 4.78 is 0.957. The molecule has 3 rings (SSSR count). The summed E-state index contributed by atoms with van der Waals surface area (Å²) >= 11 is 2.18. The zero-order valence-electron chi connectivity index (χ0n) is 9.35. The van der Waals surface area contributed by atoms with Crippen LogP contribution in [0.1, 0.15) is 15.9 Å². The highest BCUT2D eigenvalue weighted by Crippen LogP contribution is 2.21. The van der Waals surface area contributed by atoms with E-state index in [1.54, 1.807) is 12.4 Å². The van der Waals surface area contributed by atoms with Crippen LogP contribution in [-0.4, -0.2) is 15.8 Å². The minimum Gasteiger partial charge on any atom is -0.345 e. The van der Waals surface area contributed by atoms with Crippen LogP contribution in [0.5, 0.6) is 0 Å². The number of carbonyl (C=O) groups is 1. The number of ketones is 1. The van der Waals surface area contributed by atoms with E-state index in [4.69, 9.17) is 0 Å². The Kier molecular flexibility index (Phi) is 2.87. The third kappa shape index (κ3) is 1.82. The lowest BCUT2D eigenvalue weighted by Gasteiger charge is -2.02. The van der Waals surface area contributed by atoms with Gasteiger partial charge in [0.25, 0.3) is 0 Å². The summed E-state index contributed by atoms with van der Waals surface area (Å²) in [6.45, 7) is 0. The highest BCUT2D eigenvalue weighted by molar-refractivity contribution is 14.1. The summed E-state index contributed by atoms with van der Waals surface area (Å²) in [5.41, 5.74) is 2.14. The van der Waals surface area contributed by atoms with E-state index in [1.807, 2.05) is 36.4 Å². The first-order valence-electron chi connectivity index (χ1n) is 5.48. The average molecular weight is 348 g/mol. The Morgan fingerprint density at radius 3 is 2.78 bits per heavy atom. The van der Waals surface area contributed by atoms with Gasteiger partial charge in [-0.15, -0.1) is 0 Å². The first kappa shape index (κ1) is 11.4. The Labute approximate surface area is 117 Å². The zero-order chi connectivity index (χ0) is 12.5. The van der Waals surface area contributed by atoms with Crippen molar-refractivity contribution in [2.24, 2.45) is 0 Å². The standard InChI is InChI=1S/C14H9IN2O/c15-12-6-2-1-4-10(12)13(18)11-8-17-14-9(11)5-3-7-16-14/h1-8H,(H,16,17). The number of pyridine rings is 1. The molecule has 2 heterocycles. The van der Waals surface area contributed by atoms with E-state index in [0.717, 1.165) is 20.2 Å². The lowest BCUT2D eigenvalue weighted by atomic mass is 10.0. The number of rotatable bonds is 2. The average Bonchev–Trinajstić information content (AvgIpc) is 2.82. The molecule has 18 heavy (non-hydrogen) atoms. The Hall–Kier alpha value is -1.69. The third-order valence-electron chi connectivity index (χ3n) is 2.81. The highest BCUT2D eigenvalue weighted by atomic mass is 127. The fourth-order valence-electron chi connectivity index (χ4n) is 1.93. The fourth-order valence-corrected chi connectivity index (χ4v) is 2.57. The topological polar surface area (TPSA) is 45.8 Å². The van der Waals surface area contributed by atoms with E-state index in [0.29, 0.717) is 5.56 Å². The molecule has 0 spiro atoms. The molecular weight excluding hydrogens is 339 g/mol. The number of H-pyrrole nitrogens is 1. The van der Waals surface area contributed by atoms with Gasteiger partial charge in [0.1, 0.15) is 5.65 Å². The van der Waals surface area contributed by atoms with Gasteiger partial charge in [0.15, 0.2) is 5.78 Å². The lowest BCUT2D eigenvalue weighted by molar-refractivity contribution is 0.103. The van der Waals surface area contributed by atoms with E-state index in [9.17, 15) is 4.79 Å². The van der Waals surface area contributed by atoms with Crippen LogP contribution < -0.4 is 0 Å². The Balaban J connectivity index is 2.16. The van der Waals surface area contributed by atoms with E-state index in [2.05, 4.69) is 32.6 Å². The zero-order valence-corrected chi connectivity index (χ0v) is 11.5. The molecule has 88 valence electrons. The van der Waals surface area contributed by atoms with E-state index >= 15 is 0 Å². The molecular formula is C14H9IN2O. The van der Waals surface area contributed by atoms with Gasteiger partial charge in [-0.05, 0) is 46.9 Å². The fraction of sp³-hybridized carbons (Fsp3) is 0. The lowest BCUT2D eigenvalue weighted by Crippen LogP contribution is -2.02. The molecule has 0 fully saturated rings. The van der Waals surface area contributed by atoms with Crippen molar-refractivity contribution in [2.75, 3.05) is 0 Å². The van der Waals surface area contributed by atoms with Crippen LogP contribution in [-0.2, 0) is 0 Å². The second-order valence-electron chi connectivity index (χ2n) is 3.91. The molecule has 1 aromatic carbocycles. The molecule has 0 saturated carbocycles. The molecule has 0 saturated heterocycles. The SMILES string of the molecule is O=C(c1ccccc1I)c1c[nH]c2ncccc12. The molecule has 0 radical (unpaired) electrons. The minimum atomic E-state index is 0.0271. The van der Waals surface area contributed by atoms with E-state index in [-0.39, 0.29) is 5.78 Å². The van der Waals surface area contributed by atoms with Crippen LogP contribution in [0.15, 0.2) is 48.8 Å². The summed E-state index contributed by atoms with van der Waals surface area (Å²) in [6.07, 6.45) is 3.43. The number of aromatic amines is 1. The smallest absolute Gasteiger partial charge is 0.196 e.